The Morgan fingerprint density at radius 1 is 1.26 bits per heavy atom. The van der Waals surface area contributed by atoms with Crippen molar-refractivity contribution < 1.29 is 0 Å². The van der Waals surface area contributed by atoms with Gasteiger partial charge in [0.05, 0.1) is 0 Å². The summed E-state index contributed by atoms with van der Waals surface area (Å²) in [6.07, 6.45) is 8.16. The van der Waals surface area contributed by atoms with E-state index < -0.39 is 0 Å². The SMILES string of the molecule is C=CC1C#CC(C)=C([B]CC(C)C(C)CC(C)C)CCC1CC. The Morgan fingerprint density at radius 3 is 2.52 bits per heavy atom. The van der Waals surface area contributed by atoms with Crippen LogP contribution >= 0.6 is 0 Å². The first-order valence-corrected chi connectivity index (χ1v) is 9.56. The van der Waals surface area contributed by atoms with Gasteiger partial charge in [0.15, 0.2) is 0 Å². The summed E-state index contributed by atoms with van der Waals surface area (Å²) >= 11 is 0. The van der Waals surface area contributed by atoms with Crippen LogP contribution in [-0.2, 0) is 0 Å². The number of hydrogen-bond donors (Lipinski definition) is 0. The minimum Gasteiger partial charge on any atom is -0.102 e. The van der Waals surface area contributed by atoms with Crippen LogP contribution in [0.1, 0.15) is 67.2 Å². The minimum absolute atomic E-state index is 0.362. The highest BCUT2D eigenvalue weighted by Crippen LogP contribution is 2.29. The van der Waals surface area contributed by atoms with Gasteiger partial charge in [0.1, 0.15) is 7.28 Å². The maximum atomic E-state index is 3.97. The van der Waals surface area contributed by atoms with Crippen molar-refractivity contribution in [1.82, 2.24) is 0 Å². The molecular formula is C22H36B. The average Bonchev–Trinajstić information content (AvgIpc) is 2.49. The van der Waals surface area contributed by atoms with Crippen LogP contribution in [0.5, 0.6) is 0 Å². The summed E-state index contributed by atoms with van der Waals surface area (Å²) in [4.78, 5) is 0. The van der Waals surface area contributed by atoms with Crippen LogP contribution in [0.4, 0.5) is 0 Å². The molecule has 0 bridgehead atoms. The smallest absolute Gasteiger partial charge is 0.102 e. The van der Waals surface area contributed by atoms with Crippen molar-refractivity contribution in [2.45, 2.75) is 73.5 Å². The highest BCUT2D eigenvalue weighted by molar-refractivity contribution is 6.45. The van der Waals surface area contributed by atoms with E-state index in [-0.39, 0.29) is 0 Å². The average molecular weight is 311 g/mol. The van der Waals surface area contributed by atoms with E-state index in [2.05, 4.69) is 67.2 Å². The van der Waals surface area contributed by atoms with Crippen LogP contribution in [0.15, 0.2) is 23.7 Å². The molecule has 0 spiro atoms. The van der Waals surface area contributed by atoms with Crippen LogP contribution in [-0.4, -0.2) is 7.28 Å². The minimum atomic E-state index is 0.362. The Balaban J connectivity index is 2.70. The number of allylic oxidation sites excluding steroid dienone is 3. The summed E-state index contributed by atoms with van der Waals surface area (Å²) in [7, 11) is 2.48. The normalized spacial score (nSPS) is 24.3. The monoisotopic (exact) mass is 311 g/mol. The van der Waals surface area contributed by atoms with E-state index in [1.165, 1.54) is 43.0 Å². The lowest BCUT2D eigenvalue weighted by Gasteiger charge is -2.24. The Hall–Kier alpha value is -0.895. The third kappa shape index (κ3) is 6.62. The fraction of sp³-hybridized carbons (Fsp3) is 0.727. The molecule has 0 N–H and O–H groups in total. The summed E-state index contributed by atoms with van der Waals surface area (Å²) < 4.78 is 0. The Labute approximate surface area is 146 Å². The van der Waals surface area contributed by atoms with Gasteiger partial charge >= 0.3 is 0 Å². The second-order valence-electron chi connectivity index (χ2n) is 7.91. The van der Waals surface area contributed by atoms with E-state index in [1.54, 1.807) is 0 Å². The van der Waals surface area contributed by atoms with Gasteiger partial charge in [0.25, 0.3) is 0 Å². The molecule has 23 heavy (non-hydrogen) atoms. The lowest BCUT2D eigenvalue weighted by Crippen LogP contribution is -2.16. The summed E-state index contributed by atoms with van der Waals surface area (Å²) in [6, 6.07) is 0. The molecule has 0 nitrogen and oxygen atoms in total. The second-order valence-corrected chi connectivity index (χ2v) is 7.91. The Kier molecular flexibility index (Phi) is 8.82. The second kappa shape index (κ2) is 10.1. The molecule has 4 unspecified atom stereocenters. The molecule has 127 valence electrons. The topological polar surface area (TPSA) is 0 Å². The molecule has 1 aliphatic carbocycles. The van der Waals surface area contributed by atoms with Crippen molar-refractivity contribution in [3.8, 4) is 11.8 Å². The zero-order valence-electron chi connectivity index (χ0n) is 16.3. The first kappa shape index (κ1) is 20.2. The van der Waals surface area contributed by atoms with Crippen LogP contribution in [0.2, 0.25) is 6.32 Å². The summed E-state index contributed by atoms with van der Waals surface area (Å²) in [5, 5.41) is 0. The highest BCUT2D eigenvalue weighted by atomic mass is 14.2. The van der Waals surface area contributed by atoms with Crippen LogP contribution in [0.3, 0.4) is 0 Å². The molecular weight excluding hydrogens is 275 g/mol. The van der Waals surface area contributed by atoms with Gasteiger partial charge in [0, 0.05) is 5.92 Å². The largest absolute Gasteiger partial charge is 0.147 e. The van der Waals surface area contributed by atoms with Crippen molar-refractivity contribution >= 4 is 7.28 Å². The molecule has 0 saturated carbocycles. The first-order valence-electron chi connectivity index (χ1n) is 9.56. The zero-order valence-corrected chi connectivity index (χ0v) is 16.3. The summed E-state index contributed by atoms with van der Waals surface area (Å²) in [6.45, 7) is 17.9. The Bertz CT molecular complexity index is 460. The van der Waals surface area contributed by atoms with Gasteiger partial charge in [-0.3, -0.25) is 0 Å². The zero-order chi connectivity index (χ0) is 17.4. The first-order chi connectivity index (χ1) is 10.9. The quantitative estimate of drug-likeness (QED) is 0.279. The van der Waals surface area contributed by atoms with Crippen molar-refractivity contribution in [2.75, 3.05) is 0 Å². The summed E-state index contributed by atoms with van der Waals surface area (Å²) in [5.74, 6) is 10.2. The molecule has 0 fully saturated rings. The van der Waals surface area contributed by atoms with Crippen molar-refractivity contribution in [1.29, 1.82) is 0 Å². The van der Waals surface area contributed by atoms with Gasteiger partial charge in [-0.1, -0.05) is 70.7 Å². The van der Waals surface area contributed by atoms with Gasteiger partial charge in [0.2, 0.25) is 0 Å². The molecule has 0 saturated heterocycles. The van der Waals surface area contributed by atoms with E-state index in [0.717, 1.165) is 17.8 Å². The Morgan fingerprint density at radius 2 is 1.96 bits per heavy atom. The van der Waals surface area contributed by atoms with Crippen molar-refractivity contribution in [3.63, 3.8) is 0 Å². The lowest BCUT2D eigenvalue weighted by atomic mass is 9.58. The fourth-order valence-electron chi connectivity index (χ4n) is 3.60. The number of rotatable bonds is 8. The third-order valence-corrected chi connectivity index (χ3v) is 5.53. The van der Waals surface area contributed by atoms with Gasteiger partial charge in [-0.2, -0.15) is 0 Å². The maximum absolute atomic E-state index is 3.97. The van der Waals surface area contributed by atoms with Crippen molar-refractivity contribution in [3.05, 3.63) is 23.7 Å². The molecule has 1 aliphatic rings. The lowest BCUT2D eigenvalue weighted by molar-refractivity contribution is 0.343. The molecule has 0 aliphatic heterocycles. The maximum Gasteiger partial charge on any atom is 0.147 e. The predicted octanol–water partition coefficient (Wildman–Crippen LogP) is 6.33. The molecule has 1 heteroatoms. The van der Waals surface area contributed by atoms with Crippen LogP contribution in [0, 0.1) is 41.4 Å². The highest BCUT2D eigenvalue weighted by Gasteiger charge is 2.20. The van der Waals surface area contributed by atoms with E-state index in [9.17, 15) is 0 Å². The van der Waals surface area contributed by atoms with E-state index >= 15 is 0 Å². The van der Waals surface area contributed by atoms with Gasteiger partial charge in [-0.25, -0.2) is 0 Å². The van der Waals surface area contributed by atoms with Crippen molar-refractivity contribution in [2.24, 2.45) is 29.6 Å². The van der Waals surface area contributed by atoms with E-state index in [1.807, 2.05) is 6.08 Å². The molecule has 4 atom stereocenters. The van der Waals surface area contributed by atoms with E-state index in [0.29, 0.717) is 11.8 Å². The van der Waals surface area contributed by atoms with Crippen LogP contribution < -0.4 is 0 Å². The van der Waals surface area contributed by atoms with Gasteiger partial charge < -0.3 is 0 Å². The fourth-order valence-corrected chi connectivity index (χ4v) is 3.60. The molecule has 1 rings (SSSR count). The van der Waals surface area contributed by atoms with Gasteiger partial charge in [-0.05, 0) is 55.4 Å². The third-order valence-electron chi connectivity index (χ3n) is 5.53. The molecule has 1 radical (unpaired) electrons. The molecule has 0 aromatic rings. The molecule has 0 aromatic heterocycles. The number of hydrogen-bond acceptors (Lipinski definition) is 0. The summed E-state index contributed by atoms with van der Waals surface area (Å²) in [5.41, 5.74) is 2.76. The van der Waals surface area contributed by atoms with Gasteiger partial charge in [-0.15, -0.1) is 6.58 Å². The predicted molar refractivity (Wildman–Crippen MR) is 106 cm³/mol. The molecule has 0 heterocycles. The standard InChI is InChI=1S/C22H36B/c1-8-20-11-10-17(5)22(13-12-21(20)9-2)23-15-19(7)18(6)14-16(3)4/h8,16,18-21H,1,9,12-15H2,2-7H3. The van der Waals surface area contributed by atoms with Crippen LogP contribution in [0.25, 0.3) is 0 Å². The van der Waals surface area contributed by atoms with E-state index in [4.69, 9.17) is 0 Å². The molecule has 0 aromatic carbocycles. The molecule has 0 amide bonds.